The number of fused-ring (bicyclic) bond motifs is 1. The van der Waals surface area contributed by atoms with Crippen LogP contribution in [-0.2, 0) is 0 Å². The zero-order valence-corrected chi connectivity index (χ0v) is 19.1. The van der Waals surface area contributed by atoms with Crippen LogP contribution < -0.4 is 25.0 Å². The van der Waals surface area contributed by atoms with Gasteiger partial charge in [-0.2, -0.15) is 0 Å². The van der Waals surface area contributed by atoms with Gasteiger partial charge in [0.25, 0.3) is 5.91 Å². The van der Waals surface area contributed by atoms with E-state index in [1.165, 1.54) is 0 Å². The molecule has 2 heterocycles. The van der Waals surface area contributed by atoms with Gasteiger partial charge in [0.05, 0.1) is 25.3 Å². The zero-order chi connectivity index (χ0) is 22.8. The van der Waals surface area contributed by atoms with Gasteiger partial charge in [-0.25, -0.2) is 4.98 Å². The molecule has 2 aliphatic rings. The summed E-state index contributed by atoms with van der Waals surface area (Å²) in [5, 5.41) is 7.65. The molecule has 5 rings (SSSR count). The molecule has 0 atom stereocenters. The number of methoxy groups -OCH3 is 2. The van der Waals surface area contributed by atoms with Crippen LogP contribution >= 0.6 is 0 Å². The third-order valence-electron chi connectivity index (χ3n) is 6.40. The number of ether oxygens (including phenoxy) is 2. The molecule has 0 bridgehead atoms. The van der Waals surface area contributed by atoms with Crippen molar-refractivity contribution in [2.24, 2.45) is 0 Å². The van der Waals surface area contributed by atoms with Crippen molar-refractivity contribution in [3.05, 3.63) is 54.1 Å². The molecule has 1 amide bonds. The van der Waals surface area contributed by atoms with Gasteiger partial charge in [-0.05, 0) is 37.8 Å². The van der Waals surface area contributed by atoms with E-state index in [0.717, 1.165) is 72.7 Å². The summed E-state index contributed by atoms with van der Waals surface area (Å²) in [5.74, 6) is 2.41. The summed E-state index contributed by atoms with van der Waals surface area (Å²) < 4.78 is 10.8. The van der Waals surface area contributed by atoms with Crippen molar-refractivity contribution in [3.63, 3.8) is 0 Å². The van der Waals surface area contributed by atoms with Gasteiger partial charge in [-0.15, -0.1) is 0 Å². The predicted molar refractivity (Wildman–Crippen MR) is 131 cm³/mol. The molecule has 3 aromatic rings. The number of anilines is 2. The molecule has 172 valence electrons. The maximum absolute atomic E-state index is 12.9. The number of nitrogens with zero attached hydrogens (tertiary/aromatic N) is 2. The minimum atomic E-state index is 0.000810. The Morgan fingerprint density at radius 1 is 0.939 bits per heavy atom. The first kappa shape index (κ1) is 21.4. The minimum absolute atomic E-state index is 0.000810. The number of rotatable bonds is 7. The largest absolute Gasteiger partial charge is 0.497 e. The van der Waals surface area contributed by atoms with Crippen LogP contribution in [0.4, 0.5) is 11.5 Å². The molecule has 7 heteroatoms. The summed E-state index contributed by atoms with van der Waals surface area (Å²) >= 11 is 0. The molecule has 33 heavy (non-hydrogen) atoms. The summed E-state index contributed by atoms with van der Waals surface area (Å²) in [6.45, 7) is 1.74. The van der Waals surface area contributed by atoms with Crippen molar-refractivity contribution in [1.29, 1.82) is 0 Å². The van der Waals surface area contributed by atoms with Gasteiger partial charge in [0.1, 0.15) is 17.3 Å². The average Bonchev–Trinajstić information content (AvgIpc) is 3.67. The van der Waals surface area contributed by atoms with Crippen LogP contribution in [0.3, 0.4) is 0 Å². The van der Waals surface area contributed by atoms with Crippen molar-refractivity contribution in [2.75, 3.05) is 37.5 Å². The van der Waals surface area contributed by atoms with Crippen LogP contribution in [0.5, 0.6) is 11.5 Å². The number of amides is 1. The Labute approximate surface area is 194 Å². The van der Waals surface area contributed by atoms with Gasteiger partial charge in [-0.3, -0.25) is 4.79 Å². The number of para-hydroxylation sites is 1. The summed E-state index contributed by atoms with van der Waals surface area (Å²) in [7, 11) is 3.32. The molecule has 1 aromatic heterocycles. The Kier molecular flexibility index (Phi) is 5.94. The summed E-state index contributed by atoms with van der Waals surface area (Å²) in [5.41, 5.74) is 2.57. The van der Waals surface area contributed by atoms with Gasteiger partial charge in [-0.1, -0.05) is 18.2 Å². The molecule has 0 spiro atoms. The smallest absolute Gasteiger partial charge is 0.252 e. The molecule has 1 aliphatic heterocycles. The fourth-order valence-corrected chi connectivity index (χ4v) is 4.38. The zero-order valence-electron chi connectivity index (χ0n) is 19.1. The Morgan fingerprint density at radius 3 is 2.30 bits per heavy atom. The molecule has 2 aromatic carbocycles. The highest BCUT2D eigenvalue weighted by molar-refractivity contribution is 6.07. The van der Waals surface area contributed by atoms with Gasteiger partial charge in [0.15, 0.2) is 0 Å². The van der Waals surface area contributed by atoms with Gasteiger partial charge >= 0.3 is 0 Å². The molecule has 0 radical (unpaired) electrons. The van der Waals surface area contributed by atoms with E-state index in [2.05, 4.69) is 15.5 Å². The quantitative estimate of drug-likeness (QED) is 0.566. The van der Waals surface area contributed by atoms with E-state index in [9.17, 15) is 4.79 Å². The highest BCUT2D eigenvalue weighted by Crippen LogP contribution is 2.30. The summed E-state index contributed by atoms with van der Waals surface area (Å²) in [4.78, 5) is 20.1. The molecular formula is C26H30N4O3. The van der Waals surface area contributed by atoms with E-state index >= 15 is 0 Å². The van der Waals surface area contributed by atoms with Crippen LogP contribution in [0.15, 0.2) is 48.5 Å². The monoisotopic (exact) mass is 446 g/mol. The molecule has 2 fully saturated rings. The van der Waals surface area contributed by atoms with Crippen LogP contribution in [0.2, 0.25) is 0 Å². The molecule has 0 unspecified atom stereocenters. The van der Waals surface area contributed by atoms with Crippen molar-refractivity contribution in [2.45, 2.75) is 37.8 Å². The van der Waals surface area contributed by atoms with Crippen LogP contribution in [-0.4, -0.2) is 50.3 Å². The third-order valence-corrected chi connectivity index (χ3v) is 6.40. The summed E-state index contributed by atoms with van der Waals surface area (Å²) in [6.07, 6.45) is 4.08. The van der Waals surface area contributed by atoms with Crippen molar-refractivity contribution in [3.8, 4) is 11.5 Å². The van der Waals surface area contributed by atoms with E-state index in [1.54, 1.807) is 14.2 Å². The second-order valence-corrected chi connectivity index (χ2v) is 8.80. The lowest BCUT2D eigenvalue weighted by atomic mass is 10.0. The number of benzene rings is 2. The second kappa shape index (κ2) is 9.17. The first-order chi connectivity index (χ1) is 16.1. The number of nitrogens with one attached hydrogen (secondary N) is 2. The lowest BCUT2D eigenvalue weighted by Gasteiger charge is -2.34. The number of aromatic nitrogens is 1. The second-order valence-electron chi connectivity index (χ2n) is 8.80. The minimum Gasteiger partial charge on any atom is -0.497 e. The topological polar surface area (TPSA) is 75.7 Å². The predicted octanol–water partition coefficient (Wildman–Crippen LogP) is 4.23. The standard InChI is InChI=1S/C26H30N4O3/c1-32-20-13-19(14-21(15-20)33-2)27-18-9-11-30(12-10-18)25-16-23(26(31)28-17-7-8-17)22-5-3-4-6-24(22)29-25/h3-6,13-18,27H,7-12H2,1-2H3,(H,28,31). The maximum atomic E-state index is 12.9. The number of piperidine rings is 1. The Hall–Kier alpha value is -3.48. The number of carbonyl (C=O) groups excluding carboxylic acids is 1. The molecule has 7 nitrogen and oxygen atoms in total. The SMILES string of the molecule is COc1cc(NC2CCN(c3cc(C(=O)NC4CC4)c4ccccc4n3)CC2)cc(OC)c1. The van der Waals surface area contributed by atoms with Crippen LogP contribution in [0, 0.1) is 0 Å². The van der Waals surface area contributed by atoms with Crippen LogP contribution in [0.25, 0.3) is 10.9 Å². The third kappa shape index (κ3) is 4.82. The lowest BCUT2D eigenvalue weighted by Crippen LogP contribution is -2.39. The Balaban J connectivity index is 1.31. The van der Waals surface area contributed by atoms with Gasteiger partial charge in [0.2, 0.25) is 0 Å². The van der Waals surface area contributed by atoms with Crippen molar-refractivity contribution < 1.29 is 14.3 Å². The fourth-order valence-electron chi connectivity index (χ4n) is 4.38. The lowest BCUT2D eigenvalue weighted by molar-refractivity contribution is 0.0952. The molecule has 1 saturated carbocycles. The molecule has 1 aliphatic carbocycles. The fraction of sp³-hybridized carbons (Fsp3) is 0.385. The molecular weight excluding hydrogens is 416 g/mol. The van der Waals surface area contributed by atoms with Gasteiger partial charge < -0.3 is 25.0 Å². The first-order valence-electron chi connectivity index (χ1n) is 11.6. The van der Waals surface area contributed by atoms with E-state index in [-0.39, 0.29) is 5.91 Å². The number of carbonyl (C=O) groups is 1. The Bertz CT molecular complexity index is 1130. The maximum Gasteiger partial charge on any atom is 0.252 e. The van der Waals surface area contributed by atoms with Crippen molar-refractivity contribution in [1.82, 2.24) is 10.3 Å². The number of pyridine rings is 1. The normalized spacial score (nSPS) is 16.5. The molecule has 1 saturated heterocycles. The highest BCUT2D eigenvalue weighted by atomic mass is 16.5. The number of hydrogen-bond acceptors (Lipinski definition) is 6. The van der Waals surface area contributed by atoms with Gasteiger partial charge in [0, 0.05) is 54.4 Å². The average molecular weight is 447 g/mol. The number of hydrogen-bond donors (Lipinski definition) is 2. The summed E-state index contributed by atoms with van der Waals surface area (Å²) in [6, 6.07) is 16.4. The van der Waals surface area contributed by atoms with E-state index < -0.39 is 0 Å². The van der Waals surface area contributed by atoms with E-state index in [4.69, 9.17) is 14.5 Å². The van der Waals surface area contributed by atoms with Crippen molar-refractivity contribution >= 4 is 28.3 Å². The first-order valence-corrected chi connectivity index (χ1v) is 11.6. The highest BCUT2D eigenvalue weighted by Gasteiger charge is 2.26. The molecule has 2 N–H and O–H groups in total. The Morgan fingerprint density at radius 2 is 1.64 bits per heavy atom. The van der Waals surface area contributed by atoms with Crippen LogP contribution in [0.1, 0.15) is 36.0 Å². The van der Waals surface area contributed by atoms with E-state index in [0.29, 0.717) is 17.6 Å². The van der Waals surface area contributed by atoms with E-state index in [1.807, 2.05) is 48.5 Å².